The molecule has 2 atom stereocenters. The summed E-state index contributed by atoms with van der Waals surface area (Å²) in [7, 11) is 0. The number of carbonyl (C=O) groups excluding carboxylic acids is 1. The number of nitrogens with one attached hydrogen (secondary N) is 2. The second kappa shape index (κ2) is 6.53. The minimum atomic E-state index is 0.208. The first-order valence-corrected chi connectivity index (χ1v) is 7.42. The number of hydrogen-bond acceptors (Lipinski definition) is 3. The van der Waals surface area contributed by atoms with Gasteiger partial charge in [-0.2, -0.15) is 0 Å². The van der Waals surface area contributed by atoms with Crippen LogP contribution in [-0.2, 0) is 4.79 Å². The Kier molecular flexibility index (Phi) is 5.01. The molecule has 0 aromatic heterocycles. The molecule has 18 heavy (non-hydrogen) atoms. The summed E-state index contributed by atoms with van der Waals surface area (Å²) in [4.78, 5) is 14.4. The van der Waals surface area contributed by atoms with Gasteiger partial charge in [-0.25, -0.2) is 0 Å². The Labute approximate surface area is 110 Å². The molecule has 2 rings (SSSR count). The maximum absolute atomic E-state index is 11.8. The number of rotatable bonds is 5. The number of fused-ring (bicyclic) bond motifs is 1. The van der Waals surface area contributed by atoms with Crippen molar-refractivity contribution in [3.05, 3.63) is 0 Å². The van der Waals surface area contributed by atoms with Gasteiger partial charge >= 0.3 is 0 Å². The molecule has 0 spiro atoms. The molecule has 4 nitrogen and oxygen atoms in total. The van der Waals surface area contributed by atoms with E-state index in [0.717, 1.165) is 25.4 Å². The molecule has 1 amide bonds. The molecule has 2 N–H and O–H groups in total. The first-order chi connectivity index (χ1) is 8.65. The fourth-order valence-corrected chi connectivity index (χ4v) is 3.13. The highest BCUT2D eigenvalue weighted by Crippen LogP contribution is 2.26. The zero-order chi connectivity index (χ0) is 13.0. The normalized spacial score (nSPS) is 28.4. The van der Waals surface area contributed by atoms with Gasteiger partial charge in [-0.1, -0.05) is 13.8 Å². The van der Waals surface area contributed by atoms with E-state index >= 15 is 0 Å². The number of amides is 1. The fourth-order valence-electron chi connectivity index (χ4n) is 3.13. The molecule has 0 bridgehead atoms. The van der Waals surface area contributed by atoms with Gasteiger partial charge in [-0.15, -0.1) is 0 Å². The van der Waals surface area contributed by atoms with Gasteiger partial charge in [0.1, 0.15) is 0 Å². The van der Waals surface area contributed by atoms with Crippen LogP contribution in [0.2, 0.25) is 0 Å². The SMILES string of the molecule is CC(C)NCCC(=O)NC1CCN2CCCC2C1. The summed E-state index contributed by atoms with van der Waals surface area (Å²) < 4.78 is 0. The Morgan fingerprint density at radius 2 is 2.17 bits per heavy atom. The lowest BCUT2D eigenvalue weighted by molar-refractivity contribution is -0.122. The van der Waals surface area contributed by atoms with Crippen molar-refractivity contribution in [2.24, 2.45) is 0 Å². The van der Waals surface area contributed by atoms with Gasteiger partial charge in [0.25, 0.3) is 0 Å². The number of carbonyl (C=O) groups is 1. The van der Waals surface area contributed by atoms with E-state index in [4.69, 9.17) is 0 Å². The first-order valence-electron chi connectivity index (χ1n) is 7.42. The minimum absolute atomic E-state index is 0.208. The third-order valence-electron chi connectivity index (χ3n) is 4.09. The van der Waals surface area contributed by atoms with Gasteiger partial charge in [0.15, 0.2) is 0 Å². The molecule has 2 fully saturated rings. The van der Waals surface area contributed by atoms with E-state index in [1.807, 2.05) is 0 Å². The van der Waals surface area contributed by atoms with Gasteiger partial charge in [-0.3, -0.25) is 4.79 Å². The maximum atomic E-state index is 11.8. The van der Waals surface area contributed by atoms with E-state index in [-0.39, 0.29) is 5.91 Å². The van der Waals surface area contributed by atoms with Crippen LogP contribution in [-0.4, -0.2) is 48.6 Å². The van der Waals surface area contributed by atoms with Gasteiger partial charge in [-0.05, 0) is 32.2 Å². The van der Waals surface area contributed by atoms with Crippen molar-refractivity contribution < 1.29 is 4.79 Å². The summed E-state index contributed by atoms with van der Waals surface area (Å²) in [6, 6.07) is 1.60. The molecule has 2 aliphatic heterocycles. The Bertz CT molecular complexity index is 280. The Morgan fingerprint density at radius 3 is 2.94 bits per heavy atom. The molecule has 2 aliphatic rings. The molecule has 2 heterocycles. The topological polar surface area (TPSA) is 44.4 Å². The molecule has 0 aromatic carbocycles. The average Bonchev–Trinajstić information content (AvgIpc) is 2.75. The highest BCUT2D eigenvalue weighted by Gasteiger charge is 2.31. The van der Waals surface area contributed by atoms with Crippen LogP contribution >= 0.6 is 0 Å². The predicted molar refractivity (Wildman–Crippen MR) is 73.5 cm³/mol. The second-order valence-electron chi connectivity index (χ2n) is 5.98. The van der Waals surface area contributed by atoms with Crippen LogP contribution in [0.25, 0.3) is 0 Å². The molecule has 0 radical (unpaired) electrons. The minimum Gasteiger partial charge on any atom is -0.353 e. The van der Waals surface area contributed by atoms with Gasteiger partial charge in [0.05, 0.1) is 0 Å². The van der Waals surface area contributed by atoms with Gasteiger partial charge in [0.2, 0.25) is 5.91 Å². The zero-order valence-corrected chi connectivity index (χ0v) is 11.7. The third-order valence-corrected chi connectivity index (χ3v) is 4.09. The van der Waals surface area contributed by atoms with Crippen molar-refractivity contribution in [1.29, 1.82) is 0 Å². The highest BCUT2D eigenvalue weighted by molar-refractivity contribution is 5.76. The van der Waals surface area contributed by atoms with Crippen molar-refractivity contribution in [2.75, 3.05) is 19.6 Å². The van der Waals surface area contributed by atoms with Crippen LogP contribution in [0.4, 0.5) is 0 Å². The monoisotopic (exact) mass is 253 g/mol. The molecule has 0 saturated carbocycles. The van der Waals surface area contributed by atoms with Crippen molar-refractivity contribution in [2.45, 2.75) is 64.1 Å². The lowest BCUT2D eigenvalue weighted by Crippen LogP contribution is -2.47. The third kappa shape index (κ3) is 3.95. The second-order valence-corrected chi connectivity index (χ2v) is 5.98. The van der Waals surface area contributed by atoms with E-state index in [2.05, 4.69) is 29.4 Å². The summed E-state index contributed by atoms with van der Waals surface area (Å²) in [5.74, 6) is 0.208. The number of nitrogens with zero attached hydrogens (tertiary/aromatic N) is 1. The Balaban J connectivity index is 1.65. The largest absolute Gasteiger partial charge is 0.353 e. The van der Waals surface area contributed by atoms with Crippen molar-refractivity contribution in [3.8, 4) is 0 Å². The van der Waals surface area contributed by atoms with Crippen LogP contribution in [0, 0.1) is 0 Å². The molecular formula is C14H27N3O. The molecule has 0 aliphatic carbocycles. The van der Waals surface area contributed by atoms with E-state index in [9.17, 15) is 4.79 Å². The summed E-state index contributed by atoms with van der Waals surface area (Å²) >= 11 is 0. The molecule has 4 heteroatoms. The predicted octanol–water partition coefficient (Wildman–Crippen LogP) is 1.12. The number of piperidine rings is 1. The summed E-state index contributed by atoms with van der Waals surface area (Å²) in [5, 5.41) is 6.48. The summed E-state index contributed by atoms with van der Waals surface area (Å²) in [5.41, 5.74) is 0. The molecule has 0 aromatic rings. The highest BCUT2D eigenvalue weighted by atomic mass is 16.1. The smallest absolute Gasteiger partial charge is 0.221 e. The van der Waals surface area contributed by atoms with Crippen molar-refractivity contribution in [3.63, 3.8) is 0 Å². The van der Waals surface area contributed by atoms with E-state index in [0.29, 0.717) is 18.5 Å². The first kappa shape index (κ1) is 13.8. The van der Waals surface area contributed by atoms with E-state index < -0.39 is 0 Å². The lowest BCUT2D eigenvalue weighted by atomic mass is 9.97. The van der Waals surface area contributed by atoms with Gasteiger partial charge < -0.3 is 15.5 Å². The van der Waals surface area contributed by atoms with Crippen LogP contribution in [0.15, 0.2) is 0 Å². The summed E-state index contributed by atoms with van der Waals surface area (Å²) in [6.07, 6.45) is 5.54. The average molecular weight is 253 g/mol. The Morgan fingerprint density at radius 1 is 1.33 bits per heavy atom. The summed E-state index contributed by atoms with van der Waals surface area (Å²) in [6.45, 7) is 7.43. The van der Waals surface area contributed by atoms with E-state index in [1.165, 1.54) is 25.9 Å². The van der Waals surface area contributed by atoms with Crippen LogP contribution < -0.4 is 10.6 Å². The standard InChI is InChI=1S/C14H27N3O/c1-11(2)15-7-5-14(18)16-12-6-9-17-8-3-4-13(17)10-12/h11-13,15H,3-10H2,1-2H3,(H,16,18). The fraction of sp³-hybridized carbons (Fsp3) is 0.929. The molecule has 104 valence electrons. The zero-order valence-electron chi connectivity index (χ0n) is 11.7. The van der Waals surface area contributed by atoms with Crippen LogP contribution in [0.5, 0.6) is 0 Å². The Hall–Kier alpha value is -0.610. The van der Waals surface area contributed by atoms with Gasteiger partial charge in [0, 0.05) is 37.6 Å². The maximum Gasteiger partial charge on any atom is 0.221 e. The van der Waals surface area contributed by atoms with Crippen molar-refractivity contribution >= 4 is 5.91 Å². The van der Waals surface area contributed by atoms with E-state index in [1.54, 1.807) is 0 Å². The molecule has 2 unspecified atom stereocenters. The van der Waals surface area contributed by atoms with Crippen LogP contribution in [0.3, 0.4) is 0 Å². The molecule has 2 saturated heterocycles. The lowest BCUT2D eigenvalue weighted by Gasteiger charge is -2.35. The number of hydrogen-bond donors (Lipinski definition) is 2. The quantitative estimate of drug-likeness (QED) is 0.771. The molecular weight excluding hydrogens is 226 g/mol. The van der Waals surface area contributed by atoms with Crippen molar-refractivity contribution in [1.82, 2.24) is 15.5 Å². The van der Waals surface area contributed by atoms with Crippen LogP contribution in [0.1, 0.15) is 46.0 Å².